The molecule has 0 aliphatic heterocycles. The quantitative estimate of drug-likeness (QED) is 0.265. The van der Waals surface area contributed by atoms with Crippen LogP contribution in [0.25, 0.3) is 55.8 Å². The van der Waals surface area contributed by atoms with Gasteiger partial charge >= 0.3 is 0 Å². The first-order valence-electron chi connectivity index (χ1n) is 12.0. The van der Waals surface area contributed by atoms with Crippen molar-refractivity contribution in [2.75, 3.05) is 12.4 Å². The van der Waals surface area contributed by atoms with Gasteiger partial charge < -0.3 is 15.0 Å². The lowest BCUT2D eigenvalue weighted by atomic mass is 10.0. The zero-order valence-electron chi connectivity index (χ0n) is 20.5. The fourth-order valence-corrected chi connectivity index (χ4v) is 4.39. The second kappa shape index (κ2) is 9.40. The van der Waals surface area contributed by atoms with Crippen molar-refractivity contribution in [3.8, 4) is 39.5 Å². The van der Waals surface area contributed by atoms with E-state index in [1.54, 1.807) is 37.6 Å². The lowest BCUT2D eigenvalue weighted by molar-refractivity contribution is -0.115. The zero-order chi connectivity index (χ0) is 26.2. The number of fused-ring (bicyclic) bond motifs is 2. The first-order chi connectivity index (χ1) is 18.5. The van der Waals surface area contributed by atoms with Gasteiger partial charge in [-0.25, -0.2) is 14.4 Å². The molecule has 2 aromatic carbocycles. The maximum absolute atomic E-state index is 14.2. The van der Waals surface area contributed by atoms with Gasteiger partial charge in [-0.1, -0.05) is 13.0 Å². The van der Waals surface area contributed by atoms with E-state index in [0.717, 1.165) is 27.6 Å². The lowest BCUT2D eigenvalue weighted by Crippen LogP contribution is -2.09. The number of carbonyl (C=O) groups excluding carboxylic acids is 1. The minimum absolute atomic E-state index is 0.0777. The van der Waals surface area contributed by atoms with Gasteiger partial charge in [-0.05, 0) is 47.5 Å². The van der Waals surface area contributed by atoms with E-state index in [1.165, 1.54) is 19.2 Å². The van der Waals surface area contributed by atoms with E-state index >= 15 is 0 Å². The van der Waals surface area contributed by atoms with Gasteiger partial charge in [-0.2, -0.15) is 5.10 Å². The Kier molecular flexibility index (Phi) is 5.76. The number of nitrogens with one attached hydrogen (secondary N) is 3. The molecule has 6 aromatic rings. The van der Waals surface area contributed by atoms with Crippen LogP contribution in [0.1, 0.15) is 13.3 Å². The van der Waals surface area contributed by atoms with Gasteiger partial charge in [0, 0.05) is 41.4 Å². The van der Waals surface area contributed by atoms with Crippen LogP contribution < -0.4 is 10.1 Å². The predicted octanol–water partition coefficient (Wildman–Crippen LogP) is 5.73. The van der Waals surface area contributed by atoms with Crippen LogP contribution in [0.4, 0.5) is 10.1 Å². The molecule has 0 aliphatic carbocycles. The van der Waals surface area contributed by atoms with Gasteiger partial charge in [-0.3, -0.25) is 14.9 Å². The molecule has 0 radical (unpaired) electrons. The van der Waals surface area contributed by atoms with Crippen molar-refractivity contribution in [2.24, 2.45) is 0 Å². The number of hydrogen-bond acceptors (Lipinski definition) is 6. The number of aromatic nitrogens is 6. The molecule has 0 unspecified atom stereocenters. The fourth-order valence-electron chi connectivity index (χ4n) is 4.39. The SMILES string of the molecule is CCC(=O)Nc1cncc(-c2ccc3[nH]nc(-c4nc5nccc(-c6cc(F)cc(OC)c6)c5[nH]4)c3c2)c1. The van der Waals surface area contributed by atoms with Crippen LogP contribution in [-0.4, -0.2) is 43.2 Å². The number of aromatic amines is 2. The Morgan fingerprint density at radius 3 is 2.79 bits per heavy atom. The standard InChI is InChI=1S/C28H22FN7O2/c1-3-24(37)32-19-9-17(13-30-14-19)15-4-5-23-22(11-15)26(36-35-23)28-33-25-21(6-7-31-27(25)34-28)16-8-18(29)12-20(10-16)38-2/h4-14H,3H2,1-2H3,(H,32,37)(H,35,36)(H,31,33,34). The molecule has 3 N–H and O–H groups in total. The molecule has 0 aliphatic rings. The normalized spacial score (nSPS) is 11.2. The third kappa shape index (κ3) is 4.21. The van der Waals surface area contributed by atoms with Crippen molar-refractivity contribution >= 4 is 33.7 Å². The average Bonchev–Trinajstić information content (AvgIpc) is 3.56. The van der Waals surface area contributed by atoms with Gasteiger partial charge in [0.15, 0.2) is 11.5 Å². The number of pyridine rings is 2. The summed E-state index contributed by atoms with van der Waals surface area (Å²) < 4.78 is 19.5. The minimum Gasteiger partial charge on any atom is -0.497 e. The largest absolute Gasteiger partial charge is 0.497 e. The molecule has 4 heterocycles. The van der Waals surface area contributed by atoms with Crippen LogP contribution in [0, 0.1) is 5.82 Å². The predicted molar refractivity (Wildman–Crippen MR) is 143 cm³/mol. The third-order valence-electron chi connectivity index (χ3n) is 6.27. The van der Waals surface area contributed by atoms with Crippen LogP contribution in [0.15, 0.2) is 67.1 Å². The molecular formula is C28H22FN7O2. The molecule has 10 heteroatoms. The summed E-state index contributed by atoms with van der Waals surface area (Å²) in [6, 6.07) is 14.1. The molecule has 1 amide bonds. The molecule has 0 saturated heterocycles. The highest BCUT2D eigenvalue weighted by molar-refractivity contribution is 5.98. The van der Waals surface area contributed by atoms with E-state index in [9.17, 15) is 9.18 Å². The molecular weight excluding hydrogens is 485 g/mol. The number of anilines is 1. The number of ether oxygens (including phenoxy) is 1. The monoisotopic (exact) mass is 507 g/mol. The molecule has 0 spiro atoms. The van der Waals surface area contributed by atoms with Crippen molar-refractivity contribution in [2.45, 2.75) is 13.3 Å². The van der Waals surface area contributed by atoms with Crippen molar-refractivity contribution in [1.29, 1.82) is 0 Å². The summed E-state index contributed by atoms with van der Waals surface area (Å²) in [5.74, 6) is 0.464. The van der Waals surface area contributed by atoms with Crippen LogP contribution in [0.2, 0.25) is 0 Å². The van der Waals surface area contributed by atoms with Crippen LogP contribution >= 0.6 is 0 Å². The number of benzene rings is 2. The van der Waals surface area contributed by atoms with Crippen molar-refractivity contribution < 1.29 is 13.9 Å². The van der Waals surface area contributed by atoms with E-state index in [-0.39, 0.29) is 5.91 Å². The lowest BCUT2D eigenvalue weighted by Gasteiger charge is -2.07. The number of carbonyl (C=O) groups is 1. The Hall–Kier alpha value is -5.12. The Morgan fingerprint density at radius 2 is 1.95 bits per heavy atom. The molecule has 0 saturated carbocycles. The number of methoxy groups -OCH3 is 1. The topological polar surface area (TPSA) is 121 Å². The third-order valence-corrected chi connectivity index (χ3v) is 6.27. The molecule has 4 aromatic heterocycles. The second-order valence-corrected chi connectivity index (χ2v) is 8.72. The van der Waals surface area contributed by atoms with Crippen LogP contribution in [-0.2, 0) is 4.79 Å². The Labute approximate surface area is 216 Å². The molecule has 38 heavy (non-hydrogen) atoms. The molecule has 0 bridgehead atoms. The maximum Gasteiger partial charge on any atom is 0.224 e. The number of H-pyrrole nitrogens is 2. The first-order valence-corrected chi connectivity index (χ1v) is 12.0. The number of rotatable bonds is 6. The van der Waals surface area contributed by atoms with Crippen molar-refractivity contribution in [3.63, 3.8) is 0 Å². The van der Waals surface area contributed by atoms with Crippen molar-refractivity contribution in [3.05, 3.63) is 72.9 Å². The number of imidazole rings is 1. The van der Waals surface area contributed by atoms with E-state index in [4.69, 9.17) is 4.74 Å². The smallest absolute Gasteiger partial charge is 0.224 e. The van der Waals surface area contributed by atoms with Gasteiger partial charge in [0.25, 0.3) is 0 Å². The summed E-state index contributed by atoms with van der Waals surface area (Å²) in [5.41, 5.74) is 6.35. The van der Waals surface area contributed by atoms with Crippen LogP contribution in [0.5, 0.6) is 5.75 Å². The van der Waals surface area contributed by atoms with Gasteiger partial charge in [0.05, 0.1) is 30.0 Å². The summed E-state index contributed by atoms with van der Waals surface area (Å²) in [6.07, 6.45) is 5.38. The molecule has 188 valence electrons. The van der Waals surface area contributed by atoms with Crippen molar-refractivity contribution in [1.82, 2.24) is 30.1 Å². The summed E-state index contributed by atoms with van der Waals surface area (Å²) in [7, 11) is 1.50. The minimum atomic E-state index is -0.400. The Bertz CT molecular complexity index is 1830. The zero-order valence-corrected chi connectivity index (χ0v) is 20.5. The summed E-state index contributed by atoms with van der Waals surface area (Å²) in [4.78, 5) is 28.5. The first kappa shape index (κ1) is 23.3. The summed E-state index contributed by atoms with van der Waals surface area (Å²) in [5, 5.41) is 11.3. The molecule has 0 atom stereocenters. The number of halogens is 1. The maximum atomic E-state index is 14.2. The van der Waals surface area contributed by atoms with E-state index in [0.29, 0.717) is 46.1 Å². The number of hydrogen-bond donors (Lipinski definition) is 3. The highest BCUT2D eigenvalue weighted by Gasteiger charge is 2.17. The van der Waals surface area contributed by atoms with Crippen LogP contribution in [0.3, 0.4) is 0 Å². The van der Waals surface area contributed by atoms with E-state index in [2.05, 4.69) is 35.5 Å². The fraction of sp³-hybridized carbons (Fsp3) is 0.107. The average molecular weight is 508 g/mol. The van der Waals surface area contributed by atoms with Gasteiger partial charge in [0.2, 0.25) is 5.91 Å². The highest BCUT2D eigenvalue weighted by atomic mass is 19.1. The van der Waals surface area contributed by atoms with E-state index in [1.807, 2.05) is 24.3 Å². The number of nitrogens with zero attached hydrogens (tertiary/aromatic N) is 4. The highest BCUT2D eigenvalue weighted by Crippen LogP contribution is 2.34. The van der Waals surface area contributed by atoms with Gasteiger partial charge in [-0.15, -0.1) is 0 Å². The van der Waals surface area contributed by atoms with E-state index < -0.39 is 5.82 Å². The second-order valence-electron chi connectivity index (χ2n) is 8.72. The molecule has 9 nitrogen and oxygen atoms in total. The molecule has 0 fully saturated rings. The van der Waals surface area contributed by atoms with Gasteiger partial charge in [0.1, 0.15) is 17.3 Å². The number of amides is 1. The Morgan fingerprint density at radius 1 is 1.05 bits per heavy atom. The molecule has 6 rings (SSSR count). The summed E-state index contributed by atoms with van der Waals surface area (Å²) >= 11 is 0. The Balaban J connectivity index is 1.43. The summed E-state index contributed by atoms with van der Waals surface area (Å²) in [6.45, 7) is 1.80.